The predicted molar refractivity (Wildman–Crippen MR) is 288 cm³/mol. The summed E-state index contributed by atoms with van der Waals surface area (Å²) in [5.41, 5.74) is 20.5. The quantitative estimate of drug-likeness (QED) is 0.156. The molecule has 1 spiro atoms. The molecule has 4 nitrogen and oxygen atoms in total. The molecule has 14 rings (SSSR count). The van der Waals surface area contributed by atoms with Gasteiger partial charge in [0, 0.05) is 44.1 Å². The van der Waals surface area contributed by atoms with E-state index in [4.69, 9.17) is 15.0 Å². The molecule has 12 aromatic rings. The summed E-state index contributed by atoms with van der Waals surface area (Å²) in [5, 5.41) is 3.52. The van der Waals surface area contributed by atoms with Crippen molar-refractivity contribution in [2.24, 2.45) is 0 Å². The van der Waals surface area contributed by atoms with Gasteiger partial charge in [0.05, 0.1) is 39.4 Å². The van der Waals surface area contributed by atoms with E-state index in [-0.39, 0.29) is 0 Å². The van der Waals surface area contributed by atoms with Gasteiger partial charge in [-0.05, 0) is 87.0 Å². The number of anilines is 3. The zero-order valence-corrected chi connectivity index (χ0v) is 38.0. The summed E-state index contributed by atoms with van der Waals surface area (Å²) in [4.78, 5) is 18.0. The highest BCUT2D eigenvalue weighted by atomic mass is 15.2. The molecule has 70 heavy (non-hydrogen) atoms. The first-order valence-corrected chi connectivity index (χ1v) is 23.9. The third-order valence-corrected chi connectivity index (χ3v) is 14.5. The van der Waals surface area contributed by atoms with Crippen LogP contribution in [0, 0.1) is 0 Å². The second-order valence-corrected chi connectivity index (χ2v) is 18.2. The molecule has 0 bridgehead atoms. The summed E-state index contributed by atoms with van der Waals surface area (Å²) in [6.45, 7) is 0. The molecule has 0 unspecified atom stereocenters. The van der Waals surface area contributed by atoms with Crippen LogP contribution in [0.3, 0.4) is 0 Å². The Morgan fingerprint density at radius 3 is 1.53 bits per heavy atom. The molecule has 0 fully saturated rings. The summed E-state index contributed by atoms with van der Waals surface area (Å²) in [7, 11) is 0. The Bertz CT molecular complexity index is 3880. The monoisotopic (exact) mass is 890 g/mol. The molecule has 0 radical (unpaired) electrons. The highest BCUT2D eigenvalue weighted by Gasteiger charge is 2.52. The summed E-state index contributed by atoms with van der Waals surface area (Å²) in [6.07, 6.45) is 0. The smallest absolute Gasteiger partial charge is 0.160 e. The van der Waals surface area contributed by atoms with Gasteiger partial charge in [0.1, 0.15) is 0 Å². The van der Waals surface area contributed by atoms with Crippen LogP contribution in [-0.2, 0) is 5.41 Å². The van der Waals surface area contributed by atoms with E-state index in [1.807, 2.05) is 24.3 Å². The number of rotatable bonds is 6. The molecule has 10 aromatic carbocycles. The number of nitrogens with zero attached hydrogens (tertiary/aromatic N) is 4. The van der Waals surface area contributed by atoms with Crippen molar-refractivity contribution >= 4 is 38.7 Å². The minimum atomic E-state index is -0.660. The molecule has 1 aliphatic heterocycles. The van der Waals surface area contributed by atoms with E-state index in [9.17, 15) is 0 Å². The van der Waals surface area contributed by atoms with Gasteiger partial charge in [0.25, 0.3) is 0 Å². The van der Waals surface area contributed by atoms with Gasteiger partial charge in [0.2, 0.25) is 0 Å². The molecule has 0 saturated heterocycles. The number of para-hydroxylation sites is 4. The number of hydrogen-bond donors (Lipinski definition) is 0. The Labute approximate surface area is 406 Å². The van der Waals surface area contributed by atoms with Crippen LogP contribution in [0.4, 0.5) is 17.1 Å². The standard InChI is InChI=1S/C66H42N4/c1-5-19-44(20-6-1)58-42-59(69-65(68-58)47-23-9-3-10-24-47)45-35-33-43(34-36-45)48-37-38-50-56(41-48)66(53-28-14-17-31-60(53)70(49-25-11-4-12-26-49)61-32-18-15-29-54(61)66)55-40-39-52-62(63(50)55)51-27-13-16-30-57(51)67-64(52)46-21-7-2-8-22-46/h1-42H. The highest BCUT2D eigenvalue weighted by molar-refractivity contribution is 6.20. The third-order valence-electron chi connectivity index (χ3n) is 14.5. The third kappa shape index (κ3) is 6.06. The molecule has 326 valence electrons. The Morgan fingerprint density at radius 2 is 0.857 bits per heavy atom. The van der Waals surface area contributed by atoms with Crippen molar-refractivity contribution in [2.45, 2.75) is 5.41 Å². The number of aromatic nitrogens is 3. The van der Waals surface area contributed by atoms with E-state index in [0.717, 1.165) is 72.4 Å². The predicted octanol–water partition coefficient (Wildman–Crippen LogP) is 16.7. The zero-order valence-electron chi connectivity index (χ0n) is 38.0. The van der Waals surface area contributed by atoms with E-state index in [0.29, 0.717) is 5.82 Å². The van der Waals surface area contributed by atoms with Gasteiger partial charge in [-0.1, -0.05) is 212 Å². The van der Waals surface area contributed by atoms with Crippen molar-refractivity contribution in [2.75, 3.05) is 4.90 Å². The molecule has 0 saturated carbocycles. The van der Waals surface area contributed by atoms with Crippen molar-refractivity contribution in [1.82, 2.24) is 15.0 Å². The largest absolute Gasteiger partial charge is 0.310 e. The van der Waals surface area contributed by atoms with Crippen LogP contribution in [0.5, 0.6) is 0 Å². The average molecular weight is 891 g/mol. The van der Waals surface area contributed by atoms with Crippen LogP contribution in [0.2, 0.25) is 0 Å². The lowest BCUT2D eigenvalue weighted by Crippen LogP contribution is -2.36. The van der Waals surface area contributed by atoms with Crippen LogP contribution < -0.4 is 4.90 Å². The normalized spacial score (nSPS) is 12.9. The summed E-state index contributed by atoms with van der Waals surface area (Å²) < 4.78 is 0. The van der Waals surface area contributed by atoms with Crippen molar-refractivity contribution in [3.8, 4) is 67.4 Å². The molecule has 1 aliphatic carbocycles. The lowest BCUT2D eigenvalue weighted by atomic mass is 9.64. The van der Waals surface area contributed by atoms with Gasteiger partial charge < -0.3 is 4.90 Å². The Balaban J connectivity index is 1.01. The molecule has 3 heterocycles. The molecule has 0 N–H and O–H groups in total. The maximum Gasteiger partial charge on any atom is 0.160 e. The highest BCUT2D eigenvalue weighted by Crippen LogP contribution is 2.65. The van der Waals surface area contributed by atoms with Crippen molar-refractivity contribution in [3.05, 3.63) is 277 Å². The van der Waals surface area contributed by atoms with Gasteiger partial charge in [-0.15, -0.1) is 0 Å². The van der Waals surface area contributed by atoms with Gasteiger partial charge in [-0.3, -0.25) is 0 Å². The lowest BCUT2D eigenvalue weighted by Gasteiger charge is -2.45. The van der Waals surface area contributed by atoms with E-state index in [1.54, 1.807) is 0 Å². The minimum Gasteiger partial charge on any atom is -0.310 e. The molecule has 4 heteroatoms. The molecule has 2 aliphatic rings. The number of benzene rings is 10. The fraction of sp³-hybridized carbons (Fsp3) is 0.0152. The first-order chi connectivity index (χ1) is 34.7. The van der Waals surface area contributed by atoms with E-state index in [1.165, 1.54) is 50.1 Å². The van der Waals surface area contributed by atoms with Crippen LogP contribution >= 0.6 is 0 Å². The zero-order chi connectivity index (χ0) is 46.2. The van der Waals surface area contributed by atoms with Crippen molar-refractivity contribution in [3.63, 3.8) is 0 Å². The number of fused-ring (bicyclic) bond motifs is 13. The average Bonchev–Trinajstić information content (AvgIpc) is 3.74. The Hall–Kier alpha value is -9.25. The summed E-state index contributed by atoms with van der Waals surface area (Å²) in [6, 6.07) is 91.8. The molecule has 0 atom stereocenters. The first-order valence-electron chi connectivity index (χ1n) is 23.9. The van der Waals surface area contributed by atoms with Crippen LogP contribution in [0.1, 0.15) is 22.3 Å². The fourth-order valence-electron chi connectivity index (χ4n) is 11.4. The number of pyridine rings is 1. The lowest BCUT2D eigenvalue weighted by molar-refractivity contribution is 0.753. The van der Waals surface area contributed by atoms with Crippen LogP contribution in [0.15, 0.2) is 255 Å². The van der Waals surface area contributed by atoms with E-state index >= 15 is 0 Å². The maximum atomic E-state index is 5.38. The first kappa shape index (κ1) is 39.9. The Morgan fingerprint density at radius 1 is 0.329 bits per heavy atom. The maximum absolute atomic E-state index is 5.38. The van der Waals surface area contributed by atoms with Crippen molar-refractivity contribution in [1.29, 1.82) is 0 Å². The minimum absolute atomic E-state index is 0.660. The molecule has 2 aromatic heterocycles. The van der Waals surface area contributed by atoms with Gasteiger partial charge in [-0.2, -0.15) is 0 Å². The fourth-order valence-corrected chi connectivity index (χ4v) is 11.4. The van der Waals surface area contributed by atoms with E-state index < -0.39 is 5.41 Å². The topological polar surface area (TPSA) is 41.9 Å². The Kier molecular flexibility index (Phi) is 9.08. The number of hydrogen-bond acceptors (Lipinski definition) is 4. The molecular weight excluding hydrogens is 849 g/mol. The van der Waals surface area contributed by atoms with Gasteiger partial charge in [0.15, 0.2) is 5.82 Å². The van der Waals surface area contributed by atoms with Crippen molar-refractivity contribution < 1.29 is 0 Å². The van der Waals surface area contributed by atoms with Gasteiger partial charge >= 0.3 is 0 Å². The van der Waals surface area contributed by atoms with Crippen LogP contribution in [0.25, 0.3) is 89.1 Å². The SMILES string of the molecule is c1ccc(-c2cc(-c3ccc(-c4ccc5c(c4)C4(c6ccccc6N(c6ccccc6)c6ccccc64)c4ccc6c(-c7ccccc7)nc7ccccc7c6c4-5)cc3)nc(-c3ccccc3)n2)cc1. The second kappa shape index (κ2) is 15.9. The molecule has 0 amide bonds. The second-order valence-electron chi connectivity index (χ2n) is 18.2. The van der Waals surface area contributed by atoms with E-state index in [2.05, 4.69) is 235 Å². The van der Waals surface area contributed by atoms with Crippen LogP contribution in [-0.4, -0.2) is 15.0 Å². The van der Waals surface area contributed by atoms with Gasteiger partial charge in [-0.25, -0.2) is 15.0 Å². The molecular formula is C66H42N4. The summed E-state index contributed by atoms with van der Waals surface area (Å²) in [5.74, 6) is 0.704. The summed E-state index contributed by atoms with van der Waals surface area (Å²) >= 11 is 0.